The van der Waals surface area contributed by atoms with Crippen LogP contribution in [0.3, 0.4) is 0 Å². The molecule has 0 atom stereocenters. The number of rotatable bonds is 12. The van der Waals surface area contributed by atoms with Crippen LogP contribution >= 0.6 is 11.8 Å². The smallest absolute Gasteiger partial charge is 0.277 e. The molecule has 3 aromatic rings. The number of ketones is 1. The Balaban J connectivity index is 1.66. The zero-order valence-electron chi connectivity index (χ0n) is 19.2. The largest absolute Gasteiger partial charge is 0.411 e. The molecule has 2 aromatic carbocycles. The molecule has 176 valence electrons. The van der Waals surface area contributed by atoms with Gasteiger partial charge in [0.05, 0.1) is 10.6 Å². The molecule has 0 bridgehead atoms. The molecule has 9 heteroatoms. The van der Waals surface area contributed by atoms with Gasteiger partial charge in [-0.25, -0.2) is 8.42 Å². The third-order valence-corrected chi connectivity index (χ3v) is 8.12. The van der Waals surface area contributed by atoms with E-state index in [9.17, 15) is 13.2 Å². The second-order valence-corrected chi connectivity index (χ2v) is 10.4. The SMILES string of the molecule is CCCCc1ccc(C(=O)CSc2nnc(-c3cccc(S(=O)(=O)N(CC)CC)c3)o2)cc1. The van der Waals surface area contributed by atoms with Crippen LogP contribution in [0.4, 0.5) is 0 Å². The standard InChI is InChI=1S/C24H29N3O4S2/c1-4-7-9-18-12-14-19(15-13-18)22(28)17-32-24-26-25-23(31-24)20-10-8-11-21(16-20)33(29,30)27(5-2)6-3/h8,10-16H,4-7,9,17H2,1-3H3. The molecule has 0 spiro atoms. The molecule has 0 amide bonds. The Morgan fingerprint density at radius 1 is 1.03 bits per heavy atom. The van der Waals surface area contributed by atoms with Crippen LogP contribution < -0.4 is 0 Å². The molecule has 0 unspecified atom stereocenters. The summed E-state index contributed by atoms with van der Waals surface area (Å²) in [6.45, 7) is 6.53. The van der Waals surface area contributed by atoms with Crippen LogP contribution in [0.1, 0.15) is 49.5 Å². The average molecular weight is 488 g/mol. The third kappa shape index (κ3) is 6.31. The highest BCUT2D eigenvalue weighted by Crippen LogP contribution is 2.26. The Morgan fingerprint density at radius 3 is 2.42 bits per heavy atom. The normalized spacial score (nSPS) is 11.8. The van der Waals surface area contributed by atoms with E-state index in [2.05, 4.69) is 17.1 Å². The molecular formula is C24H29N3O4S2. The maximum absolute atomic E-state index is 12.8. The van der Waals surface area contributed by atoms with Crippen LogP contribution in [0.2, 0.25) is 0 Å². The van der Waals surface area contributed by atoms with Crippen molar-refractivity contribution in [3.8, 4) is 11.5 Å². The van der Waals surface area contributed by atoms with E-state index in [0.29, 0.717) is 24.2 Å². The summed E-state index contributed by atoms with van der Waals surface area (Å²) in [5.41, 5.74) is 2.39. The van der Waals surface area contributed by atoms with E-state index in [-0.39, 0.29) is 27.5 Å². The van der Waals surface area contributed by atoms with Crippen molar-refractivity contribution in [3.05, 3.63) is 59.7 Å². The number of hydrogen-bond acceptors (Lipinski definition) is 7. The Kier molecular flexibility index (Phi) is 8.82. The number of nitrogens with zero attached hydrogens (tertiary/aromatic N) is 3. The van der Waals surface area contributed by atoms with E-state index in [1.54, 1.807) is 32.0 Å². The minimum absolute atomic E-state index is 0.0193. The van der Waals surface area contributed by atoms with Crippen molar-refractivity contribution >= 4 is 27.6 Å². The first-order valence-corrected chi connectivity index (χ1v) is 13.5. The second-order valence-electron chi connectivity index (χ2n) is 7.50. The highest BCUT2D eigenvalue weighted by molar-refractivity contribution is 7.99. The van der Waals surface area contributed by atoms with Gasteiger partial charge >= 0.3 is 0 Å². The van der Waals surface area contributed by atoms with Crippen molar-refractivity contribution in [2.75, 3.05) is 18.8 Å². The number of carbonyl (C=O) groups excluding carboxylic acids is 1. The van der Waals surface area contributed by atoms with Crippen molar-refractivity contribution in [1.29, 1.82) is 0 Å². The fraction of sp³-hybridized carbons (Fsp3) is 0.375. The van der Waals surface area contributed by atoms with Crippen LogP contribution in [0.5, 0.6) is 0 Å². The van der Waals surface area contributed by atoms with Crippen LogP contribution in [0, 0.1) is 0 Å². The molecule has 0 aliphatic rings. The van der Waals surface area contributed by atoms with Gasteiger partial charge in [0.15, 0.2) is 5.78 Å². The zero-order valence-corrected chi connectivity index (χ0v) is 20.8. The van der Waals surface area contributed by atoms with E-state index >= 15 is 0 Å². The number of hydrogen-bond donors (Lipinski definition) is 0. The lowest BCUT2D eigenvalue weighted by molar-refractivity contribution is 0.102. The minimum atomic E-state index is -3.59. The Bertz CT molecular complexity index is 1170. The summed E-state index contributed by atoms with van der Waals surface area (Å²) in [7, 11) is -3.59. The van der Waals surface area contributed by atoms with Gasteiger partial charge in [0.1, 0.15) is 0 Å². The van der Waals surface area contributed by atoms with E-state index in [0.717, 1.165) is 31.0 Å². The van der Waals surface area contributed by atoms with Gasteiger partial charge in [-0.3, -0.25) is 4.79 Å². The lowest BCUT2D eigenvalue weighted by Crippen LogP contribution is -2.30. The first-order valence-electron chi connectivity index (χ1n) is 11.1. The van der Waals surface area contributed by atoms with Gasteiger partial charge in [-0.2, -0.15) is 4.31 Å². The Morgan fingerprint density at radius 2 is 1.76 bits per heavy atom. The molecule has 0 fully saturated rings. The number of carbonyl (C=O) groups is 1. The van der Waals surface area contributed by atoms with E-state index in [1.807, 2.05) is 24.3 Å². The molecule has 0 saturated heterocycles. The summed E-state index contributed by atoms with van der Waals surface area (Å²) in [6.07, 6.45) is 3.29. The van der Waals surface area contributed by atoms with Crippen molar-refractivity contribution in [1.82, 2.24) is 14.5 Å². The Labute approximate surface area is 199 Å². The summed E-state index contributed by atoms with van der Waals surface area (Å²) in [6, 6.07) is 14.2. The van der Waals surface area contributed by atoms with Gasteiger partial charge in [-0.15, -0.1) is 10.2 Å². The molecule has 0 radical (unpaired) electrons. The molecule has 3 rings (SSSR count). The van der Waals surface area contributed by atoms with Gasteiger partial charge in [-0.1, -0.05) is 69.3 Å². The van der Waals surface area contributed by atoms with Gasteiger partial charge in [0.25, 0.3) is 5.22 Å². The zero-order chi connectivity index (χ0) is 23.8. The Hall–Kier alpha value is -2.49. The molecule has 0 N–H and O–H groups in total. The van der Waals surface area contributed by atoms with Crippen molar-refractivity contribution in [2.24, 2.45) is 0 Å². The number of sulfonamides is 1. The van der Waals surface area contributed by atoms with E-state index in [1.165, 1.54) is 15.9 Å². The second kappa shape index (κ2) is 11.6. The lowest BCUT2D eigenvalue weighted by Gasteiger charge is -2.18. The van der Waals surface area contributed by atoms with Crippen molar-refractivity contribution in [3.63, 3.8) is 0 Å². The quantitative estimate of drug-likeness (QED) is 0.260. The number of benzene rings is 2. The fourth-order valence-electron chi connectivity index (χ4n) is 3.34. The maximum atomic E-state index is 12.8. The third-order valence-electron chi connectivity index (χ3n) is 5.25. The highest BCUT2D eigenvalue weighted by Gasteiger charge is 2.22. The van der Waals surface area contributed by atoms with E-state index in [4.69, 9.17) is 4.42 Å². The predicted octanol–water partition coefficient (Wildman–Crippen LogP) is 5.08. The summed E-state index contributed by atoms with van der Waals surface area (Å²) in [5.74, 6) is 0.364. The molecule has 1 heterocycles. The van der Waals surface area contributed by atoms with Crippen LogP contribution in [0.25, 0.3) is 11.5 Å². The first kappa shape index (κ1) is 25.1. The molecule has 0 saturated carbocycles. The summed E-state index contributed by atoms with van der Waals surface area (Å²) >= 11 is 1.16. The van der Waals surface area contributed by atoms with Crippen LogP contribution in [-0.4, -0.2) is 47.5 Å². The number of unbranched alkanes of at least 4 members (excludes halogenated alkanes) is 1. The molecule has 33 heavy (non-hydrogen) atoms. The fourth-order valence-corrected chi connectivity index (χ4v) is 5.50. The summed E-state index contributed by atoms with van der Waals surface area (Å²) in [5, 5.41) is 8.29. The minimum Gasteiger partial charge on any atom is -0.411 e. The molecule has 7 nitrogen and oxygen atoms in total. The number of aryl methyl sites for hydroxylation is 1. The number of thioether (sulfide) groups is 1. The number of aromatic nitrogens is 2. The molecular weight excluding hydrogens is 458 g/mol. The molecule has 0 aliphatic heterocycles. The maximum Gasteiger partial charge on any atom is 0.277 e. The van der Waals surface area contributed by atoms with Gasteiger partial charge in [0.2, 0.25) is 15.9 Å². The monoisotopic (exact) mass is 487 g/mol. The topological polar surface area (TPSA) is 93.4 Å². The van der Waals surface area contributed by atoms with Crippen LogP contribution in [-0.2, 0) is 16.4 Å². The highest BCUT2D eigenvalue weighted by atomic mass is 32.2. The number of Topliss-reactive ketones (excluding diaryl/α,β-unsaturated/α-hetero) is 1. The van der Waals surface area contributed by atoms with E-state index < -0.39 is 10.0 Å². The summed E-state index contributed by atoms with van der Waals surface area (Å²) < 4.78 is 32.6. The lowest BCUT2D eigenvalue weighted by atomic mass is 10.1. The predicted molar refractivity (Wildman–Crippen MR) is 130 cm³/mol. The van der Waals surface area contributed by atoms with Gasteiger partial charge < -0.3 is 4.42 Å². The van der Waals surface area contributed by atoms with Gasteiger partial charge in [0, 0.05) is 24.2 Å². The van der Waals surface area contributed by atoms with Crippen molar-refractivity contribution in [2.45, 2.75) is 50.2 Å². The van der Waals surface area contributed by atoms with Gasteiger partial charge in [-0.05, 0) is 36.6 Å². The van der Waals surface area contributed by atoms with Crippen LogP contribution in [0.15, 0.2) is 63.1 Å². The molecule has 0 aliphatic carbocycles. The van der Waals surface area contributed by atoms with Crippen molar-refractivity contribution < 1.29 is 17.6 Å². The first-order chi connectivity index (χ1) is 15.9. The molecule has 1 aromatic heterocycles. The average Bonchev–Trinajstić information content (AvgIpc) is 3.31. The summed E-state index contributed by atoms with van der Waals surface area (Å²) in [4.78, 5) is 12.7.